The zero-order valence-corrected chi connectivity index (χ0v) is 15.9. The molecule has 1 aliphatic carbocycles. The van der Waals surface area contributed by atoms with Gasteiger partial charge in [-0.2, -0.15) is 0 Å². The first-order chi connectivity index (χ1) is 9.98. The van der Waals surface area contributed by atoms with E-state index in [1.54, 1.807) is 17.5 Å². The fourth-order valence-electron chi connectivity index (χ4n) is 3.84. The van der Waals surface area contributed by atoms with E-state index >= 15 is 0 Å². The van der Waals surface area contributed by atoms with Crippen molar-refractivity contribution in [1.29, 1.82) is 0 Å². The summed E-state index contributed by atoms with van der Waals surface area (Å²) in [6, 6.07) is 0. The van der Waals surface area contributed by atoms with Gasteiger partial charge in [-0.05, 0) is 12.8 Å². The van der Waals surface area contributed by atoms with Crippen LogP contribution in [0.1, 0.15) is 31.7 Å². The van der Waals surface area contributed by atoms with Crippen LogP contribution in [-0.2, 0) is 16.0 Å². The summed E-state index contributed by atoms with van der Waals surface area (Å²) in [5.74, 6) is 0.0944. The number of ether oxygens (including phenoxy) is 1. The average Bonchev–Trinajstić information content (AvgIpc) is 2.99. The van der Waals surface area contributed by atoms with Crippen molar-refractivity contribution < 1.29 is 9.53 Å². The van der Waals surface area contributed by atoms with Gasteiger partial charge in [0.25, 0.3) is 0 Å². The molecule has 2 heterocycles. The Hall–Kier alpha value is -0.400. The van der Waals surface area contributed by atoms with Crippen LogP contribution in [-0.4, -0.2) is 35.7 Å². The van der Waals surface area contributed by atoms with Gasteiger partial charge in [-0.15, -0.1) is 36.2 Å². The maximum Gasteiger partial charge on any atom is 0.241 e. The van der Waals surface area contributed by atoms with Crippen molar-refractivity contribution in [2.24, 2.45) is 17.1 Å². The zero-order valence-electron chi connectivity index (χ0n) is 13.4. The molecule has 132 valence electrons. The lowest BCUT2D eigenvalue weighted by molar-refractivity contribution is -0.225. The molecule has 2 fully saturated rings. The Balaban J connectivity index is 0.00000132. The molecule has 1 aromatic rings. The normalized spacial score (nSPS) is 30.9. The van der Waals surface area contributed by atoms with Crippen molar-refractivity contribution in [2.75, 3.05) is 13.2 Å². The predicted molar refractivity (Wildman–Crippen MR) is 96.5 cm³/mol. The molecule has 2 aliphatic rings. The second kappa shape index (κ2) is 7.66. The molecule has 5 nitrogen and oxygen atoms in total. The van der Waals surface area contributed by atoms with Gasteiger partial charge in [0.05, 0.1) is 11.1 Å². The summed E-state index contributed by atoms with van der Waals surface area (Å²) in [4.78, 5) is 16.9. The summed E-state index contributed by atoms with van der Waals surface area (Å²) in [5, 5.41) is 5.98. The summed E-state index contributed by atoms with van der Waals surface area (Å²) in [5.41, 5.74) is 5.40. The van der Waals surface area contributed by atoms with E-state index in [1.165, 1.54) is 0 Å². The molecule has 3 atom stereocenters. The Morgan fingerprint density at radius 1 is 1.52 bits per heavy atom. The molecule has 1 aliphatic heterocycles. The van der Waals surface area contributed by atoms with E-state index in [1.807, 2.05) is 19.2 Å². The third-order valence-electron chi connectivity index (χ3n) is 5.17. The van der Waals surface area contributed by atoms with Crippen molar-refractivity contribution in [3.05, 3.63) is 16.6 Å². The smallest absolute Gasteiger partial charge is 0.241 e. The number of carbonyl (C=O) groups is 1. The SMILES string of the molecule is CC1(C)C2OCCCC2C1(N)C(=O)NCCc1nccs1.Cl.Cl. The summed E-state index contributed by atoms with van der Waals surface area (Å²) in [6.07, 6.45) is 4.61. The third kappa shape index (κ3) is 3.24. The van der Waals surface area contributed by atoms with Crippen LogP contribution in [0.15, 0.2) is 11.6 Å². The Morgan fingerprint density at radius 2 is 2.26 bits per heavy atom. The average molecular weight is 382 g/mol. The van der Waals surface area contributed by atoms with Crippen LogP contribution in [0, 0.1) is 11.3 Å². The van der Waals surface area contributed by atoms with Gasteiger partial charge in [0.2, 0.25) is 5.91 Å². The molecular formula is C15H25Cl2N3O2S. The van der Waals surface area contributed by atoms with Gasteiger partial charge in [-0.3, -0.25) is 4.79 Å². The molecular weight excluding hydrogens is 357 g/mol. The molecule has 0 aromatic carbocycles. The van der Waals surface area contributed by atoms with Crippen molar-refractivity contribution in [1.82, 2.24) is 10.3 Å². The number of aromatic nitrogens is 1. The largest absolute Gasteiger partial charge is 0.377 e. The maximum absolute atomic E-state index is 12.6. The first kappa shape index (κ1) is 20.6. The minimum Gasteiger partial charge on any atom is -0.377 e. The van der Waals surface area contributed by atoms with Gasteiger partial charge in [-0.1, -0.05) is 13.8 Å². The molecule has 0 radical (unpaired) electrons. The number of thiazole rings is 1. The number of nitrogens with zero attached hydrogens (tertiary/aromatic N) is 1. The summed E-state index contributed by atoms with van der Waals surface area (Å²) >= 11 is 1.61. The molecule has 3 N–H and O–H groups in total. The standard InChI is InChI=1S/C15H23N3O2S.2ClH/c1-14(2)12-10(4-3-8-20-12)15(14,16)13(19)18-6-5-11-17-7-9-21-11;;/h7,9-10,12H,3-6,8,16H2,1-2H3,(H,18,19);2*1H. The summed E-state index contributed by atoms with van der Waals surface area (Å²) < 4.78 is 5.83. The topological polar surface area (TPSA) is 77.2 Å². The molecule has 1 amide bonds. The molecule has 0 bridgehead atoms. The fraction of sp³-hybridized carbons (Fsp3) is 0.733. The second-order valence-electron chi connectivity index (χ2n) is 6.56. The monoisotopic (exact) mass is 381 g/mol. The molecule has 8 heteroatoms. The van der Waals surface area contributed by atoms with E-state index < -0.39 is 5.54 Å². The first-order valence-corrected chi connectivity index (χ1v) is 8.43. The lowest BCUT2D eigenvalue weighted by Gasteiger charge is -2.65. The van der Waals surface area contributed by atoms with Gasteiger partial charge in [-0.25, -0.2) is 4.98 Å². The molecule has 3 unspecified atom stereocenters. The van der Waals surface area contributed by atoms with E-state index in [0.29, 0.717) is 6.54 Å². The Labute approximate surface area is 153 Å². The number of fused-ring (bicyclic) bond motifs is 1. The highest BCUT2D eigenvalue weighted by Gasteiger charge is 2.70. The lowest BCUT2D eigenvalue weighted by Crippen LogP contribution is -2.82. The quantitative estimate of drug-likeness (QED) is 0.837. The Bertz CT molecular complexity index is 527. The summed E-state index contributed by atoms with van der Waals surface area (Å²) in [7, 11) is 0. The van der Waals surface area contributed by atoms with Gasteiger partial charge in [0, 0.05) is 42.5 Å². The number of hydrogen-bond donors (Lipinski definition) is 2. The Kier molecular flexibility index (Phi) is 6.87. The van der Waals surface area contributed by atoms with Crippen LogP contribution in [0.25, 0.3) is 0 Å². The summed E-state index contributed by atoms with van der Waals surface area (Å²) in [6.45, 7) is 5.45. The van der Waals surface area contributed by atoms with Crippen LogP contribution < -0.4 is 11.1 Å². The van der Waals surface area contributed by atoms with Crippen LogP contribution in [0.3, 0.4) is 0 Å². The van der Waals surface area contributed by atoms with Crippen LogP contribution in [0.5, 0.6) is 0 Å². The van der Waals surface area contributed by atoms with E-state index in [2.05, 4.69) is 10.3 Å². The minimum atomic E-state index is -0.818. The number of nitrogens with one attached hydrogen (secondary N) is 1. The molecule has 1 saturated heterocycles. The van der Waals surface area contributed by atoms with E-state index in [-0.39, 0.29) is 48.2 Å². The van der Waals surface area contributed by atoms with E-state index in [4.69, 9.17) is 10.5 Å². The fourth-order valence-corrected chi connectivity index (χ4v) is 4.46. The number of nitrogens with two attached hydrogens (primary N) is 1. The molecule has 1 aromatic heterocycles. The van der Waals surface area contributed by atoms with Crippen molar-refractivity contribution >= 4 is 42.1 Å². The van der Waals surface area contributed by atoms with Crippen molar-refractivity contribution in [3.63, 3.8) is 0 Å². The predicted octanol–water partition coefficient (Wildman–Crippen LogP) is 2.18. The number of amides is 1. The van der Waals surface area contributed by atoms with Crippen molar-refractivity contribution in [3.8, 4) is 0 Å². The van der Waals surface area contributed by atoms with E-state index in [9.17, 15) is 4.79 Å². The number of halogens is 2. The zero-order chi connectivity index (χ0) is 15.1. The van der Waals surface area contributed by atoms with E-state index in [0.717, 1.165) is 30.9 Å². The number of rotatable bonds is 4. The van der Waals surface area contributed by atoms with Gasteiger partial charge < -0.3 is 15.8 Å². The first-order valence-electron chi connectivity index (χ1n) is 7.55. The molecule has 1 saturated carbocycles. The highest BCUT2D eigenvalue weighted by molar-refractivity contribution is 7.09. The van der Waals surface area contributed by atoms with Gasteiger partial charge in [0.1, 0.15) is 5.54 Å². The number of carbonyl (C=O) groups excluding carboxylic acids is 1. The highest BCUT2D eigenvalue weighted by Crippen LogP contribution is 2.57. The molecule has 0 spiro atoms. The van der Waals surface area contributed by atoms with Crippen LogP contribution in [0.2, 0.25) is 0 Å². The van der Waals surface area contributed by atoms with Gasteiger partial charge >= 0.3 is 0 Å². The number of hydrogen-bond acceptors (Lipinski definition) is 5. The third-order valence-corrected chi connectivity index (χ3v) is 6.01. The highest BCUT2D eigenvalue weighted by atomic mass is 35.5. The maximum atomic E-state index is 12.6. The van der Waals surface area contributed by atoms with Gasteiger partial charge in [0.15, 0.2) is 0 Å². The minimum absolute atomic E-state index is 0. The molecule has 23 heavy (non-hydrogen) atoms. The molecule has 3 rings (SSSR count). The second-order valence-corrected chi connectivity index (χ2v) is 7.54. The van der Waals surface area contributed by atoms with Crippen LogP contribution >= 0.6 is 36.2 Å². The lowest BCUT2D eigenvalue weighted by atomic mass is 9.46. The Morgan fingerprint density at radius 3 is 2.91 bits per heavy atom. The van der Waals surface area contributed by atoms with Crippen molar-refractivity contribution in [2.45, 2.75) is 44.8 Å². The van der Waals surface area contributed by atoms with Crippen LogP contribution in [0.4, 0.5) is 0 Å².